The topological polar surface area (TPSA) is 99.4 Å². The molecule has 1 saturated carbocycles. The number of aryl methyl sites for hydroxylation is 1. The van der Waals surface area contributed by atoms with Crippen LogP contribution in [0.15, 0.2) is 5.38 Å². The average Bonchev–Trinajstić information content (AvgIpc) is 3.19. The Bertz CT molecular complexity index is 686. The molecule has 108 valence electrons. The smallest absolute Gasteiger partial charge is 0.228 e. The summed E-state index contributed by atoms with van der Waals surface area (Å²) in [5.74, 6) is 0.824. The second-order valence-electron chi connectivity index (χ2n) is 4.90. The van der Waals surface area contributed by atoms with E-state index in [1.165, 1.54) is 11.3 Å². The van der Waals surface area contributed by atoms with Crippen LogP contribution in [0.1, 0.15) is 35.3 Å². The Kier molecular flexibility index (Phi) is 3.66. The lowest BCUT2D eigenvalue weighted by atomic mass is 10.1. The van der Waals surface area contributed by atoms with E-state index in [-0.39, 0.29) is 0 Å². The van der Waals surface area contributed by atoms with Crippen LogP contribution in [0.5, 0.6) is 0 Å². The first-order valence-corrected chi connectivity index (χ1v) is 7.59. The molecule has 0 amide bonds. The van der Waals surface area contributed by atoms with Crippen molar-refractivity contribution < 1.29 is 0 Å². The summed E-state index contributed by atoms with van der Waals surface area (Å²) in [6.07, 6.45) is 2.26. The Balaban J connectivity index is 1.96. The highest BCUT2D eigenvalue weighted by Crippen LogP contribution is 2.27. The highest BCUT2D eigenvalue weighted by Gasteiger charge is 2.25. The van der Waals surface area contributed by atoms with E-state index < -0.39 is 5.92 Å². The zero-order chi connectivity index (χ0) is 14.8. The Morgan fingerprint density at radius 1 is 1.29 bits per heavy atom. The molecule has 1 unspecified atom stereocenters. The molecular formula is C13H15N7S. The van der Waals surface area contributed by atoms with Gasteiger partial charge < -0.3 is 10.6 Å². The van der Waals surface area contributed by atoms with Gasteiger partial charge in [0, 0.05) is 24.2 Å². The quantitative estimate of drug-likeness (QED) is 0.870. The van der Waals surface area contributed by atoms with Gasteiger partial charge in [-0.25, -0.2) is 4.98 Å². The Hall–Kier alpha value is -2.27. The van der Waals surface area contributed by atoms with Crippen molar-refractivity contribution in [1.29, 1.82) is 5.26 Å². The minimum atomic E-state index is -0.571. The molecule has 0 aromatic carbocycles. The maximum Gasteiger partial charge on any atom is 0.228 e. The van der Waals surface area contributed by atoms with Gasteiger partial charge in [-0.2, -0.15) is 20.2 Å². The number of rotatable bonds is 5. The fourth-order valence-corrected chi connectivity index (χ4v) is 2.67. The number of nitrogens with one attached hydrogen (secondary N) is 2. The molecule has 1 aliphatic rings. The minimum Gasteiger partial charge on any atom is -0.357 e. The first-order valence-electron chi connectivity index (χ1n) is 6.71. The molecule has 2 N–H and O–H groups in total. The van der Waals surface area contributed by atoms with Crippen molar-refractivity contribution in [2.75, 3.05) is 17.7 Å². The molecule has 0 radical (unpaired) electrons. The van der Waals surface area contributed by atoms with Crippen LogP contribution in [0, 0.1) is 18.3 Å². The molecule has 0 aliphatic heterocycles. The minimum absolute atomic E-state index is 0.425. The average molecular weight is 301 g/mol. The third-order valence-corrected chi connectivity index (χ3v) is 4.09. The highest BCUT2D eigenvalue weighted by atomic mass is 32.1. The van der Waals surface area contributed by atoms with E-state index in [1.54, 1.807) is 7.05 Å². The van der Waals surface area contributed by atoms with Gasteiger partial charge in [-0.05, 0) is 19.8 Å². The molecule has 2 aromatic rings. The number of anilines is 2. The van der Waals surface area contributed by atoms with Crippen LogP contribution >= 0.6 is 11.3 Å². The van der Waals surface area contributed by atoms with Crippen LogP contribution in [0.3, 0.4) is 0 Å². The second-order valence-corrected chi connectivity index (χ2v) is 5.79. The number of hydrogen-bond donors (Lipinski definition) is 2. The molecule has 1 atom stereocenters. The van der Waals surface area contributed by atoms with Crippen LogP contribution < -0.4 is 10.6 Å². The second kappa shape index (κ2) is 5.61. The maximum absolute atomic E-state index is 9.47. The molecule has 0 bridgehead atoms. The summed E-state index contributed by atoms with van der Waals surface area (Å²) in [5, 5.41) is 18.2. The summed E-state index contributed by atoms with van der Waals surface area (Å²) in [7, 11) is 1.74. The number of nitriles is 1. The summed E-state index contributed by atoms with van der Waals surface area (Å²) in [6.45, 7) is 1.90. The summed E-state index contributed by atoms with van der Waals surface area (Å²) in [6, 6.07) is 2.67. The Morgan fingerprint density at radius 2 is 2.05 bits per heavy atom. The third kappa shape index (κ3) is 3.08. The predicted molar refractivity (Wildman–Crippen MR) is 80.3 cm³/mol. The van der Waals surface area contributed by atoms with Gasteiger partial charge in [0.2, 0.25) is 11.9 Å². The van der Waals surface area contributed by atoms with Gasteiger partial charge in [-0.15, -0.1) is 11.3 Å². The van der Waals surface area contributed by atoms with E-state index in [0.29, 0.717) is 28.8 Å². The van der Waals surface area contributed by atoms with E-state index in [4.69, 9.17) is 0 Å². The van der Waals surface area contributed by atoms with Crippen LogP contribution in [0.2, 0.25) is 0 Å². The summed E-state index contributed by atoms with van der Waals surface area (Å²) >= 11 is 1.45. The number of hydrogen-bond acceptors (Lipinski definition) is 8. The highest BCUT2D eigenvalue weighted by molar-refractivity contribution is 7.09. The lowest BCUT2D eigenvalue weighted by Gasteiger charge is -2.10. The van der Waals surface area contributed by atoms with Crippen LogP contribution in [-0.2, 0) is 0 Å². The van der Waals surface area contributed by atoms with E-state index >= 15 is 0 Å². The molecular weight excluding hydrogens is 286 g/mol. The van der Waals surface area contributed by atoms with Gasteiger partial charge in [-0.3, -0.25) is 0 Å². The van der Waals surface area contributed by atoms with Crippen molar-refractivity contribution in [3.63, 3.8) is 0 Å². The van der Waals surface area contributed by atoms with E-state index in [2.05, 4.69) is 36.6 Å². The molecule has 21 heavy (non-hydrogen) atoms. The van der Waals surface area contributed by atoms with Gasteiger partial charge in [0.15, 0.2) is 11.7 Å². The van der Waals surface area contributed by atoms with Crippen molar-refractivity contribution in [3.8, 4) is 6.07 Å². The molecule has 0 saturated heterocycles. The lowest BCUT2D eigenvalue weighted by Crippen LogP contribution is -2.13. The van der Waals surface area contributed by atoms with Crippen LogP contribution in [0.4, 0.5) is 11.9 Å². The normalized spacial score (nSPS) is 15.3. The van der Waals surface area contributed by atoms with Crippen LogP contribution in [-0.4, -0.2) is 33.0 Å². The molecule has 2 heterocycles. The summed E-state index contributed by atoms with van der Waals surface area (Å²) < 4.78 is 0. The SMILES string of the molecule is CNc1nc(NC2CC2)nc(C(C#N)c2nc(C)cs2)n1. The van der Waals surface area contributed by atoms with E-state index in [0.717, 1.165) is 18.5 Å². The van der Waals surface area contributed by atoms with Gasteiger partial charge in [0.05, 0.1) is 6.07 Å². The van der Waals surface area contributed by atoms with Gasteiger partial charge in [0.1, 0.15) is 5.01 Å². The lowest BCUT2D eigenvalue weighted by molar-refractivity contribution is 0.850. The Morgan fingerprint density at radius 3 is 2.62 bits per heavy atom. The monoisotopic (exact) mass is 301 g/mol. The first kappa shape index (κ1) is 13.7. The number of thiazole rings is 1. The van der Waals surface area contributed by atoms with Crippen molar-refractivity contribution in [1.82, 2.24) is 19.9 Å². The van der Waals surface area contributed by atoms with Crippen molar-refractivity contribution in [3.05, 3.63) is 21.9 Å². The summed E-state index contributed by atoms with van der Waals surface area (Å²) in [5.41, 5.74) is 0.898. The zero-order valence-electron chi connectivity index (χ0n) is 11.8. The van der Waals surface area contributed by atoms with Gasteiger partial charge in [0.25, 0.3) is 0 Å². The fourth-order valence-electron chi connectivity index (χ4n) is 1.84. The molecule has 0 spiro atoms. The standard InChI is InChI=1S/C13H15N7S/c1-7-6-21-11(16-7)9(5-14)10-18-12(15-2)20-13(19-10)17-8-3-4-8/h6,8-9H,3-4H2,1-2H3,(H2,15,17,18,19,20). The molecule has 7 nitrogen and oxygen atoms in total. The predicted octanol–water partition coefficient (Wildman–Crippen LogP) is 1.91. The van der Waals surface area contributed by atoms with E-state index in [9.17, 15) is 5.26 Å². The maximum atomic E-state index is 9.47. The largest absolute Gasteiger partial charge is 0.357 e. The van der Waals surface area contributed by atoms with Gasteiger partial charge >= 0.3 is 0 Å². The number of nitrogens with zero attached hydrogens (tertiary/aromatic N) is 5. The van der Waals surface area contributed by atoms with Gasteiger partial charge in [-0.1, -0.05) is 0 Å². The molecule has 2 aromatic heterocycles. The Labute approximate surface area is 126 Å². The van der Waals surface area contributed by atoms with Crippen LogP contribution in [0.25, 0.3) is 0 Å². The summed E-state index contributed by atoms with van der Waals surface area (Å²) in [4.78, 5) is 17.3. The first-order chi connectivity index (χ1) is 10.2. The molecule has 1 fully saturated rings. The molecule has 1 aliphatic carbocycles. The fraction of sp³-hybridized carbons (Fsp3) is 0.462. The molecule has 3 rings (SSSR count). The van der Waals surface area contributed by atoms with Crippen molar-refractivity contribution >= 4 is 23.2 Å². The van der Waals surface area contributed by atoms with E-state index in [1.807, 2.05) is 12.3 Å². The zero-order valence-corrected chi connectivity index (χ0v) is 12.6. The number of aromatic nitrogens is 4. The van der Waals surface area contributed by atoms with Crippen molar-refractivity contribution in [2.45, 2.75) is 31.7 Å². The third-order valence-electron chi connectivity index (χ3n) is 3.06. The van der Waals surface area contributed by atoms with Crippen molar-refractivity contribution in [2.24, 2.45) is 0 Å². The molecule has 8 heteroatoms.